The summed E-state index contributed by atoms with van der Waals surface area (Å²) < 4.78 is 40.6. The number of nitrogens with one attached hydrogen (secondary N) is 1. The molecule has 30 heavy (non-hydrogen) atoms. The first-order valence-electron chi connectivity index (χ1n) is 9.77. The summed E-state index contributed by atoms with van der Waals surface area (Å²) in [6.07, 6.45) is -1.03. The Hall–Kier alpha value is -3.06. The Labute approximate surface area is 171 Å². The molecular weight excluding hydrogens is 393 g/mol. The molecule has 3 aromatic rings. The summed E-state index contributed by atoms with van der Waals surface area (Å²) in [5, 5.41) is 13.6. The van der Waals surface area contributed by atoms with Crippen molar-refractivity contribution >= 4 is 0 Å². The van der Waals surface area contributed by atoms with E-state index in [4.69, 9.17) is 0 Å². The van der Waals surface area contributed by atoms with Gasteiger partial charge in [0.2, 0.25) is 0 Å². The van der Waals surface area contributed by atoms with Crippen molar-refractivity contribution in [2.75, 3.05) is 13.1 Å². The zero-order valence-corrected chi connectivity index (χ0v) is 16.1. The van der Waals surface area contributed by atoms with Crippen LogP contribution in [0, 0.1) is 0 Å². The maximum absolute atomic E-state index is 13.3. The number of hydrogen-bond acceptors (Lipinski definition) is 3. The van der Waals surface area contributed by atoms with Gasteiger partial charge in [-0.15, -0.1) is 0 Å². The lowest BCUT2D eigenvalue weighted by Gasteiger charge is -2.26. The Bertz CT molecular complexity index is 1100. The van der Waals surface area contributed by atoms with Gasteiger partial charge >= 0.3 is 6.18 Å². The van der Waals surface area contributed by atoms with E-state index < -0.39 is 17.5 Å². The molecule has 1 aromatic heterocycles. The van der Waals surface area contributed by atoms with Gasteiger partial charge in [0.1, 0.15) is 5.75 Å². The highest BCUT2D eigenvalue weighted by Crippen LogP contribution is 2.36. The molecule has 0 bridgehead atoms. The molecule has 2 aromatic carbocycles. The minimum Gasteiger partial charge on any atom is -0.507 e. The molecule has 2 heterocycles. The summed E-state index contributed by atoms with van der Waals surface area (Å²) in [5.41, 5.74) is 0.604. The van der Waals surface area contributed by atoms with E-state index in [0.29, 0.717) is 12.6 Å². The van der Waals surface area contributed by atoms with E-state index in [1.807, 2.05) is 30.3 Å². The third-order valence-electron chi connectivity index (χ3n) is 5.43. The monoisotopic (exact) mass is 414 g/mol. The highest BCUT2D eigenvalue weighted by molar-refractivity contribution is 5.75. The SMILES string of the molecule is O=c1c(-c2ccc(C(F)(F)F)cc2O)cc(-c2ccccc2)cn1C1CCCNC1. The zero-order chi connectivity index (χ0) is 21.3. The van der Waals surface area contributed by atoms with Gasteiger partial charge in [-0.05, 0) is 54.8 Å². The van der Waals surface area contributed by atoms with Crippen molar-refractivity contribution < 1.29 is 18.3 Å². The molecule has 1 fully saturated rings. The fourth-order valence-electron chi connectivity index (χ4n) is 3.86. The van der Waals surface area contributed by atoms with Crippen LogP contribution in [0.25, 0.3) is 22.3 Å². The van der Waals surface area contributed by atoms with Crippen LogP contribution >= 0.6 is 0 Å². The number of alkyl halides is 3. The molecule has 156 valence electrons. The maximum Gasteiger partial charge on any atom is 0.416 e. The predicted octanol–water partition coefficient (Wildman–Crippen LogP) is 4.83. The van der Waals surface area contributed by atoms with Crippen molar-refractivity contribution in [1.82, 2.24) is 9.88 Å². The van der Waals surface area contributed by atoms with E-state index in [1.54, 1.807) is 16.8 Å². The molecule has 1 saturated heterocycles. The molecule has 1 unspecified atom stereocenters. The van der Waals surface area contributed by atoms with Crippen LogP contribution in [0.3, 0.4) is 0 Å². The second-order valence-corrected chi connectivity index (χ2v) is 7.45. The van der Waals surface area contributed by atoms with Gasteiger partial charge in [-0.1, -0.05) is 30.3 Å². The molecule has 1 atom stereocenters. The van der Waals surface area contributed by atoms with Crippen molar-refractivity contribution in [3.05, 3.63) is 76.7 Å². The molecule has 4 rings (SSSR count). The molecule has 2 N–H and O–H groups in total. The van der Waals surface area contributed by atoms with Crippen LogP contribution in [0.4, 0.5) is 13.2 Å². The van der Waals surface area contributed by atoms with Crippen LogP contribution in [0.15, 0.2) is 65.6 Å². The van der Waals surface area contributed by atoms with E-state index in [-0.39, 0.29) is 22.7 Å². The van der Waals surface area contributed by atoms with Crippen LogP contribution in [-0.2, 0) is 6.18 Å². The lowest BCUT2D eigenvalue weighted by atomic mass is 9.98. The molecule has 4 nitrogen and oxygen atoms in total. The van der Waals surface area contributed by atoms with E-state index in [9.17, 15) is 23.1 Å². The lowest BCUT2D eigenvalue weighted by Crippen LogP contribution is -2.36. The van der Waals surface area contributed by atoms with Crippen molar-refractivity contribution in [3.8, 4) is 28.0 Å². The van der Waals surface area contributed by atoms with Crippen LogP contribution in [0.1, 0.15) is 24.4 Å². The summed E-state index contributed by atoms with van der Waals surface area (Å²) >= 11 is 0. The summed E-state index contributed by atoms with van der Waals surface area (Å²) in [6.45, 7) is 1.52. The number of benzene rings is 2. The maximum atomic E-state index is 13.3. The molecule has 1 aliphatic rings. The Morgan fingerprint density at radius 1 is 1.00 bits per heavy atom. The second kappa shape index (κ2) is 7.99. The number of pyridine rings is 1. The van der Waals surface area contributed by atoms with Crippen molar-refractivity contribution in [2.45, 2.75) is 25.1 Å². The number of aromatic nitrogens is 1. The van der Waals surface area contributed by atoms with Gasteiger partial charge in [0.05, 0.1) is 11.1 Å². The molecule has 7 heteroatoms. The topological polar surface area (TPSA) is 54.3 Å². The first kappa shape index (κ1) is 20.2. The molecule has 0 spiro atoms. The number of phenolic OH excluding ortho intramolecular Hbond substituents is 1. The number of piperidine rings is 1. The first-order chi connectivity index (χ1) is 14.3. The standard InChI is InChI=1S/C23H21F3N2O2/c24-23(25,26)17-8-9-19(21(29)12-17)20-11-16(15-5-2-1-3-6-15)14-28(22(20)30)18-7-4-10-27-13-18/h1-3,5-6,8-9,11-12,14,18,27,29H,4,7,10,13H2. The summed E-state index contributed by atoms with van der Waals surface area (Å²) in [7, 11) is 0. The first-order valence-corrected chi connectivity index (χ1v) is 9.77. The molecule has 0 amide bonds. The summed E-state index contributed by atoms with van der Waals surface area (Å²) in [6, 6.07) is 13.7. The van der Waals surface area contributed by atoms with Crippen LogP contribution < -0.4 is 10.9 Å². The number of nitrogens with zero attached hydrogens (tertiary/aromatic N) is 1. The fourth-order valence-corrected chi connectivity index (χ4v) is 3.86. The average molecular weight is 414 g/mol. The molecule has 1 aliphatic heterocycles. The van der Waals surface area contributed by atoms with E-state index in [2.05, 4.69) is 5.32 Å². The van der Waals surface area contributed by atoms with E-state index >= 15 is 0 Å². The third-order valence-corrected chi connectivity index (χ3v) is 5.43. The Balaban J connectivity index is 1.90. The normalized spacial score (nSPS) is 17.1. The number of hydrogen-bond donors (Lipinski definition) is 2. The van der Waals surface area contributed by atoms with Gasteiger partial charge < -0.3 is 15.0 Å². The zero-order valence-electron chi connectivity index (χ0n) is 16.1. The number of rotatable bonds is 3. The number of aromatic hydroxyl groups is 1. The highest BCUT2D eigenvalue weighted by atomic mass is 19.4. The van der Waals surface area contributed by atoms with Crippen LogP contribution in [0.2, 0.25) is 0 Å². The van der Waals surface area contributed by atoms with Crippen molar-refractivity contribution in [3.63, 3.8) is 0 Å². The van der Waals surface area contributed by atoms with Gasteiger partial charge in [0.15, 0.2) is 0 Å². The van der Waals surface area contributed by atoms with E-state index in [0.717, 1.165) is 42.6 Å². The third kappa shape index (κ3) is 3.98. The second-order valence-electron chi connectivity index (χ2n) is 7.45. The minimum absolute atomic E-state index is 0.0646. The quantitative estimate of drug-likeness (QED) is 0.645. The van der Waals surface area contributed by atoms with Gasteiger partial charge in [-0.2, -0.15) is 13.2 Å². The molecule has 0 aliphatic carbocycles. The minimum atomic E-state index is -4.57. The number of phenols is 1. The van der Waals surface area contributed by atoms with E-state index in [1.165, 1.54) is 0 Å². The van der Waals surface area contributed by atoms with Crippen LogP contribution in [0.5, 0.6) is 5.75 Å². The molecular formula is C23H21F3N2O2. The Morgan fingerprint density at radius 2 is 1.77 bits per heavy atom. The average Bonchev–Trinajstić information content (AvgIpc) is 2.75. The summed E-state index contributed by atoms with van der Waals surface area (Å²) in [5.74, 6) is -0.569. The smallest absolute Gasteiger partial charge is 0.416 e. The predicted molar refractivity (Wildman–Crippen MR) is 109 cm³/mol. The lowest BCUT2D eigenvalue weighted by molar-refractivity contribution is -0.137. The molecule has 0 saturated carbocycles. The highest BCUT2D eigenvalue weighted by Gasteiger charge is 2.31. The Kier molecular flexibility index (Phi) is 5.39. The van der Waals surface area contributed by atoms with Crippen molar-refractivity contribution in [2.24, 2.45) is 0 Å². The molecule has 0 radical (unpaired) electrons. The fraction of sp³-hybridized carbons (Fsp3) is 0.261. The van der Waals surface area contributed by atoms with Gasteiger partial charge in [-0.3, -0.25) is 4.79 Å². The van der Waals surface area contributed by atoms with Gasteiger partial charge in [0, 0.05) is 24.3 Å². The Morgan fingerprint density at radius 3 is 2.40 bits per heavy atom. The van der Waals surface area contributed by atoms with Crippen molar-refractivity contribution in [1.29, 1.82) is 0 Å². The van der Waals surface area contributed by atoms with Gasteiger partial charge in [-0.25, -0.2) is 0 Å². The summed E-state index contributed by atoms with van der Waals surface area (Å²) in [4.78, 5) is 13.3. The largest absolute Gasteiger partial charge is 0.507 e. The van der Waals surface area contributed by atoms with Gasteiger partial charge in [0.25, 0.3) is 5.56 Å². The number of halogens is 3. The van der Waals surface area contributed by atoms with Crippen LogP contribution in [-0.4, -0.2) is 22.8 Å².